The number of hydrogen-bond donors (Lipinski definition) is 0. The van der Waals surface area contributed by atoms with E-state index in [0.717, 1.165) is 25.2 Å². The topological polar surface area (TPSA) is 38.8 Å². The molecule has 1 atom stereocenters. The Labute approximate surface area is 153 Å². The van der Waals surface area contributed by atoms with Crippen LogP contribution in [0.5, 0.6) is 0 Å². The Morgan fingerprint density at radius 3 is 2.65 bits per heavy atom. The van der Waals surface area contributed by atoms with Gasteiger partial charge >= 0.3 is 5.97 Å². The molecule has 0 amide bonds. The monoisotopic (exact) mass is 357 g/mol. The number of aryl methyl sites for hydroxylation is 1. The largest absolute Gasteiger partial charge is 0.463 e. The Hall–Kier alpha value is -2.24. The highest BCUT2D eigenvalue weighted by molar-refractivity contribution is 5.69. The number of nitrogens with zero attached hydrogens (tertiary/aromatic N) is 1. The molecule has 0 aromatic heterocycles. The van der Waals surface area contributed by atoms with E-state index in [1.807, 2.05) is 18.2 Å². The van der Waals surface area contributed by atoms with Crippen molar-refractivity contribution < 1.29 is 18.7 Å². The van der Waals surface area contributed by atoms with E-state index >= 15 is 0 Å². The summed E-state index contributed by atoms with van der Waals surface area (Å²) in [5.74, 6) is -0.524. The van der Waals surface area contributed by atoms with Crippen molar-refractivity contribution in [1.29, 1.82) is 0 Å². The maximum Gasteiger partial charge on any atom is 0.306 e. The number of carbonyl (C=O) groups excluding carboxylic acids is 1. The third-order valence-corrected chi connectivity index (χ3v) is 4.43. The number of morpholine rings is 1. The summed E-state index contributed by atoms with van der Waals surface area (Å²) in [5.41, 5.74) is 2.19. The van der Waals surface area contributed by atoms with Crippen LogP contribution < -0.4 is 0 Å². The zero-order chi connectivity index (χ0) is 18.2. The summed E-state index contributed by atoms with van der Waals surface area (Å²) in [6.45, 7) is 3.42. The van der Waals surface area contributed by atoms with Gasteiger partial charge in [0.1, 0.15) is 18.5 Å². The lowest BCUT2D eigenvalue weighted by atomic mass is 10.1. The Bertz CT molecular complexity index is 690. The minimum Gasteiger partial charge on any atom is -0.463 e. The predicted octanol–water partition coefficient (Wildman–Crippen LogP) is 3.20. The van der Waals surface area contributed by atoms with Crippen LogP contribution in [0.1, 0.15) is 17.5 Å². The second-order valence-corrected chi connectivity index (χ2v) is 6.52. The van der Waals surface area contributed by atoms with Gasteiger partial charge in [0.2, 0.25) is 0 Å². The summed E-state index contributed by atoms with van der Waals surface area (Å²) in [6.07, 6.45) is 0.735. The summed E-state index contributed by atoms with van der Waals surface area (Å²) in [4.78, 5) is 14.2. The van der Waals surface area contributed by atoms with Gasteiger partial charge in [0.05, 0.1) is 6.61 Å². The number of ether oxygens (including phenoxy) is 2. The Balaban J connectivity index is 1.38. The van der Waals surface area contributed by atoms with Crippen LogP contribution in [0.15, 0.2) is 54.6 Å². The van der Waals surface area contributed by atoms with E-state index in [-0.39, 0.29) is 30.9 Å². The van der Waals surface area contributed by atoms with E-state index in [0.29, 0.717) is 13.0 Å². The highest BCUT2D eigenvalue weighted by atomic mass is 19.1. The van der Waals surface area contributed by atoms with E-state index in [1.54, 1.807) is 12.1 Å². The van der Waals surface area contributed by atoms with E-state index < -0.39 is 0 Å². The van der Waals surface area contributed by atoms with Crippen LogP contribution in [0, 0.1) is 5.82 Å². The van der Waals surface area contributed by atoms with Crippen LogP contribution in [-0.2, 0) is 27.2 Å². The average molecular weight is 357 g/mol. The molecule has 1 saturated heterocycles. The highest BCUT2D eigenvalue weighted by Gasteiger charge is 2.21. The molecule has 2 aromatic carbocycles. The Morgan fingerprint density at radius 2 is 1.88 bits per heavy atom. The molecule has 4 nitrogen and oxygen atoms in total. The first-order valence-corrected chi connectivity index (χ1v) is 8.97. The molecule has 26 heavy (non-hydrogen) atoms. The first kappa shape index (κ1) is 18.5. The summed E-state index contributed by atoms with van der Waals surface area (Å²) in [6, 6.07) is 16.5. The van der Waals surface area contributed by atoms with Crippen molar-refractivity contribution in [2.75, 3.05) is 26.3 Å². The minimum absolute atomic E-state index is 0.0952. The molecule has 3 rings (SSSR count). The van der Waals surface area contributed by atoms with Gasteiger partial charge < -0.3 is 9.47 Å². The van der Waals surface area contributed by atoms with Crippen molar-refractivity contribution in [3.05, 3.63) is 71.5 Å². The van der Waals surface area contributed by atoms with Crippen LogP contribution in [0.25, 0.3) is 0 Å². The SMILES string of the molecule is O=C(CCc1ccc(F)cc1)OCC1CN(Cc2ccccc2)CCO1. The lowest BCUT2D eigenvalue weighted by Crippen LogP contribution is -2.44. The maximum atomic E-state index is 12.9. The molecule has 1 aliphatic heterocycles. The van der Waals surface area contributed by atoms with Crippen LogP contribution in [0.4, 0.5) is 4.39 Å². The predicted molar refractivity (Wildman–Crippen MR) is 97.1 cm³/mol. The molecule has 0 N–H and O–H groups in total. The van der Waals surface area contributed by atoms with Gasteiger partial charge in [-0.25, -0.2) is 4.39 Å². The van der Waals surface area contributed by atoms with Gasteiger partial charge in [0.25, 0.3) is 0 Å². The smallest absolute Gasteiger partial charge is 0.306 e. The van der Waals surface area contributed by atoms with Gasteiger partial charge in [-0.2, -0.15) is 0 Å². The summed E-state index contributed by atoms with van der Waals surface area (Å²) >= 11 is 0. The lowest BCUT2D eigenvalue weighted by molar-refractivity contribution is -0.150. The molecule has 1 fully saturated rings. The van der Waals surface area contributed by atoms with Gasteiger partial charge in [0, 0.05) is 26.1 Å². The number of carbonyl (C=O) groups is 1. The lowest BCUT2D eigenvalue weighted by Gasteiger charge is -2.32. The fourth-order valence-electron chi connectivity index (χ4n) is 3.02. The molecule has 2 aromatic rings. The van der Waals surface area contributed by atoms with Crippen molar-refractivity contribution in [3.63, 3.8) is 0 Å². The maximum absolute atomic E-state index is 12.9. The molecule has 0 radical (unpaired) electrons. The van der Waals surface area contributed by atoms with Crippen LogP contribution >= 0.6 is 0 Å². The first-order valence-electron chi connectivity index (χ1n) is 8.97. The fraction of sp³-hybridized carbons (Fsp3) is 0.381. The van der Waals surface area contributed by atoms with Gasteiger partial charge in [0.15, 0.2) is 0 Å². The van der Waals surface area contributed by atoms with Gasteiger partial charge in [-0.1, -0.05) is 42.5 Å². The molecule has 0 bridgehead atoms. The van der Waals surface area contributed by atoms with Gasteiger partial charge in [-0.3, -0.25) is 9.69 Å². The van der Waals surface area contributed by atoms with Crippen molar-refractivity contribution in [2.24, 2.45) is 0 Å². The number of esters is 1. The molecular formula is C21H24FNO3. The molecular weight excluding hydrogens is 333 g/mol. The fourth-order valence-corrected chi connectivity index (χ4v) is 3.02. The van der Waals surface area contributed by atoms with Crippen LogP contribution in [0.3, 0.4) is 0 Å². The van der Waals surface area contributed by atoms with Gasteiger partial charge in [-0.15, -0.1) is 0 Å². The van der Waals surface area contributed by atoms with E-state index in [4.69, 9.17) is 9.47 Å². The molecule has 1 unspecified atom stereocenters. The first-order chi connectivity index (χ1) is 12.7. The Morgan fingerprint density at radius 1 is 1.12 bits per heavy atom. The Kier molecular flexibility index (Phi) is 6.75. The van der Waals surface area contributed by atoms with Crippen molar-refractivity contribution in [3.8, 4) is 0 Å². The molecule has 0 saturated carbocycles. The summed E-state index contributed by atoms with van der Waals surface area (Å²) < 4.78 is 23.9. The third kappa shape index (κ3) is 5.93. The van der Waals surface area contributed by atoms with E-state index in [1.165, 1.54) is 17.7 Å². The second kappa shape index (κ2) is 9.46. The summed E-state index contributed by atoms with van der Waals surface area (Å²) in [7, 11) is 0. The quantitative estimate of drug-likeness (QED) is 0.714. The van der Waals surface area contributed by atoms with Crippen molar-refractivity contribution in [2.45, 2.75) is 25.5 Å². The zero-order valence-electron chi connectivity index (χ0n) is 14.8. The molecule has 0 aliphatic carbocycles. The number of halogens is 1. The highest BCUT2D eigenvalue weighted by Crippen LogP contribution is 2.11. The standard InChI is InChI=1S/C21H24FNO3/c22-19-9-6-17(7-10-19)8-11-21(24)26-16-20-15-23(12-13-25-20)14-18-4-2-1-3-5-18/h1-7,9-10,20H,8,11-16H2. The van der Waals surface area contributed by atoms with Crippen molar-refractivity contribution >= 4 is 5.97 Å². The third-order valence-electron chi connectivity index (χ3n) is 4.43. The second-order valence-electron chi connectivity index (χ2n) is 6.52. The van der Waals surface area contributed by atoms with E-state index in [9.17, 15) is 9.18 Å². The minimum atomic E-state index is -0.272. The van der Waals surface area contributed by atoms with Crippen LogP contribution in [-0.4, -0.2) is 43.3 Å². The molecule has 1 heterocycles. The van der Waals surface area contributed by atoms with Crippen LogP contribution in [0.2, 0.25) is 0 Å². The molecule has 1 aliphatic rings. The molecule has 5 heteroatoms. The molecule has 0 spiro atoms. The number of hydrogen-bond acceptors (Lipinski definition) is 4. The molecule has 138 valence electrons. The number of benzene rings is 2. The van der Waals surface area contributed by atoms with E-state index in [2.05, 4.69) is 17.0 Å². The normalized spacial score (nSPS) is 17.8. The summed E-state index contributed by atoms with van der Waals surface area (Å²) in [5, 5.41) is 0. The zero-order valence-corrected chi connectivity index (χ0v) is 14.8. The average Bonchev–Trinajstić information content (AvgIpc) is 2.67. The van der Waals surface area contributed by atoms with Crippen molar-refractivity contribution in [1.82, 2.24) is 4.90 Å². The number of rotatable bonds is 7. The van der Waals surface area contributed by atoms with Gasteiger partial charge in [-0.05, 0) is 29.7 Å².